The van der Waals surface area contributed by atoms with Gasteiger partial charge in [-0.1, -0.05) is 0 Å². The Hall–Kier alpha value is -0.910. The Labute approximate surface area is 125 Å². The van der Waals surface area contributed by atoms with Gasteiger partial charge in [0.15, 0.2) is 0 Å². The van der Waals surface area contributed by atoms with Crippen molar-refractivity contribution in [2.45, 2.75) is 19.8 Å². The molecule has 1 saturated heterocycles. The molecule has 1 aliphatic rings. The van der Waals surface area contributed by atoms with Gasteiger partial charge in [-0.25, -0.2) is 0 Å². The Bertz CT molecular complexity index is 425. The number of nitrogens with one attached hydrogen (secondary N) is 1. The number of ether oxygens (including phenoxy) is 1. The van der Waals surface area contributed by atoms with E-state index in [2.05, 4.69) is 10.2 Å². The Morgan fingerprint density at radius 1 is 1.50 bits per heavy atom. The minimum absolute atomic E-state index is 0.0827. The van der Waals surface area contributed by atoms with Crippen molar-refractivity contribution in [1.82, 2.24) is 10.2 Å². The van der Waals surface area contributed by atoms with Crippen LogP contribution >= 0.6 is 11.3 Å². The number of rotatable bonds is 6. The van der Waals surface area contributed by atoms with Crippen LogP contribution in [-0.4, -0.2) is 50.7 Å². The van der Waals surface area contributed by atoms with Gasteiger partial charge in [-0.2, -0.15) is 0 Å². The molecular formula is C15H24N2O2S. The molecule has 0 saturated carbocycles. The first-order valence-corrected chi connectivity index (χ1v) is 8.12. The number of carbonyl (C=O) groups is 1. The molecule has 0 atom stereocenters. The van der Waals surface area contributed by atoms with E-state index in [9.17, 15) is 4.79 Å². The molecule has 0 unspecified atom stereocenters. The first-order chi connectivity index (χ1) is 9.70. The molecule has 1 fully saturated rings. The van der Waals surface area contributed by atoms with E-state index < -0.39 is 0 Å². The number of aryl methyl sites for hydroxylation is 1. The summed E-state index contributed by atoms with van der Waals surface area (Å²) < 4.78 is 5.11. The van der Waals surface area contributed by atoms with Gasteiger partial charge >= 0.3 is 0 Å². The zero-order chi connectivity index (χ0) is 14.4. The Morgan fingerprint density at radius 3 is 2.85 bits per heavy atom. The number of nitrogens with zero attached hydrogens (tertiary/aromatic N) is 1. The normalized spacial score (nSPS) is 17.3. The van der Waals surface area contributed by atoms with Gasteiger partial charge in [0.05, 0.1) is 11.5 Å². The fourth-order valence-electron chi connectivity index (χ4n) is 2.56. The van der Waals surface area contributed by atoms with Crippen molar-refractivity contribution in [3.05, 3.63) is 21.9 Å². The summed E-state index contributed by atoms with van der Waals surface area (Å²) in [5, 5.41) is 5.05. The van der Waals surface area contributed by atoms with Crippen molar-refractivity contribution >= 4 is 17.2 Å². The topological polar surface area (TPSA) is 41.6 Å². The van der Waals surface area contributed by atoms with Crippen LogP contribution in [0, 0.1) is 12.8 Å². The fourth-order valence-corrected chi connectivity index (χ4v) is 3.40. The highest BCUT2D eigenvalue weighted by Crippen LogP contribution is 2.18. The molecule has 20 heavy (non-hydrogen) atoms. The van der Waals surface area contributed by atoms with E-state index in [1.807, 2.05) is 18.4 Å². The van der Waals surface area contributed by atoms with Crippen LogP contribution in [0.2, 0.25) is 0 Å². The number of amides is 1. The van der Waals surface area contributed by atoms with Crippen LogP contribution < -0.4 is 5.32 Å². The van der Waals surface area contributed by atoms with Crippen LogP contribution in [0.4, 0.5) is 0 Å². The van der Waals surface area contributed by atoms with Crippen LogP contribution in [0.1, 0.15) is 28.1 Å². The molecule has 0 aromatic carbocycles. The minimum Gasteiger partial charge on any atom is -0.383 e. The van der Waals surface area contributed by atoms with Crippen molar-refractivity contribution in [1.29, 1.82) is 0 Å². The summed E-state index contributed by atoms with van der Waals surface area (Å²) in [6.45, 7) is 6.83. The van der Waals surface area contributed by atoms with Crippen LogP contribution in [0.15, 0.2) is 11.4 Å². The highest BCUT2D eigenvalue weighted by Gasteiger charge is 2.20. The van der Waals surface area contributed by atoms with E-state index in [-0.39, 0.29) is 5.91 Å². The van der Waals surface area contributed by atoms with Gasteiger partial charge in [-0.15, -0.1) is 11.3 Å². The smallest absolute Gasteiger partial charge is 0.261 e. The summed E-state index contributed by atoms with van der Waals surface area (Å²) >= 11 is 1.52. The zero-order valence-corrected chi connectivity index (χ0v) is 13.2. The lowest BCUT2D eigenvalue weighted by molar-refractivity contribution is 0.0929. The van der Waals surface area contributed by atoms with E-state index in [4.69, 9.17) is 4.74 Å². The summed E-state index contributed by atoms with van der Waals surface area (Å²) in [6.07, 6.45) is 2.32. The van der Waals surface area contributed by atoms with Crippen LogP contribution in [0.3, 0.4) is 0 Å². The predicted molar refractivity (Wildman–Crippen MR) is 82.4 cm³/mol. The second-order valence-corrected chi connectivity index (χ2v) is 6.34. The average molecular weight is 296 g/mol. The third kappa shape index (κ3) is 4.30. The van der Waals surface area contributed by atoms with Crippen molar-refractivity contribution < 1.29 is 9.53 Å². The molecule has 1 amide bonds. The maximum Gasteiger partial charge on any atom is 0.261 e. The van der Waals surface area contributed by atoms with E-state index >= 15 is 0 Å². The number of thiophene rings is 1. The second-order valence-electron chi connectivity index (χ2n) is 5.42. The van der Waals surface area contributed by atoms with Crippen molar-refractivity contribution in [2.75, 3.05) is 39.9 Å². The lowest BCUT2D eigenvalue weighted by atomic mass is 9.97. The van der Waals surface area contributed by atoms with Gasteiger partial charge in [0.1, 0.15) is 0 Å². The third-order valence-electron chi connectivity index (χ3n) is 3.94. The highest BCUT2D eigenvalue weighted by atomic mass is 32.1. The molecule has 0 spiro atoms. The molecule has 0 bridgehead atoms. The summed E-state index contributed by atoms with van der Waals surface area (Å²) in [7, 11) is 1.74. The fraction of sp³-hybridized carbons (Fsp3) is 0.667. The quantitative estimate of drug-likeness (QED) is 0.874. The van der Waals surface area contributed by atoms with Gasteiger partial charge in [0.25, 0.3) is 5.91 Å². The second kappa shape index (κ2) is 7.76. The van der Waals surface area contributed by atoms with E-state index in [0.717, 1.165) is 56.1 Å². The molecule has 1 aromatic rings. The highest BCUT2D eigenvalue weighted by molar-refractivity contribution is 7.12. The van der Waals surface area contributed by atoms with E-state index in [0.29, 0.717) is 5.92 Å². The lowest BCUT2D eigenvalue weighted by Crippen LogP contribution is -2.39. The first-order valence-electron chi connectivity index (χ1n) is 7.24. The summed E-state index contributed by atoms with van der Waals surface area (Å²) in [5.74, 6) is 0.692. The minimum atomic E-state index is 0.0827. The number of likely N-dealkylation sites (tertiary alicyclic amines) is 1. The average Bonchev–Trinajstić information content (AvgIpc) is 2.90. The van der Waals surface area contributed by atoms with Gasteiger partial charge in [-0.3, -0.25) is 4.79 Å². The summed E-state index contributed by atoms with van der Waals surface area (Å²) in [5.41, 5.74) is 1.07. The Balaban J connectivity index is 1.68. The monoisotopic (exact) mass is 296 g/mol. The van der Waals surface area contributed by atoms with Crippen molar-refractivity contribution in [3.63, 3.8) is 0 Å². The third-order valence-corrected chi connectivity index (χ3v) is 4.95. The number of hydrogen-bond donors (Lipinski definition) is 1. The lowest BCUT2D eigenvalue weighted by Gasteiger charge is -2.31. The molecule has 2 heterocycles. The van der Waals surface area contributed by atoms with Crippen LogP contribution in [0.5, 0.6) is 0 Å². The maximum absolute atomic E-state index is 12.0. The molecule has 0 radical (unpaired) electrons. The zero-order valence-electron chi connectivity index (χ0n) is 12.4. The standard InChI is InChI=1S/C15H24N2O2S/c1-12-5-10-20-14(12)15(18)16-11-13-3-6-17(7-4-13)8-9-19-2/h5,10,13H,3-4,6-9,11H2,1-2H3,(H,16,18). The van der Waals surface area contributed by atoms with Crippen molar-refractivity contribution in [2.24, 2.45) is 5.92 Å². The largest absolute Gasteiger partial charge is 0.383 e. The number of piperidine rings is 1. The number of methoxy groups -OCH3 is 1. The number of carbonyl (C=O) groups excluding carboxylic acids is 1. The summed E-state index contributed by atoms with van der Waals surface area (Å²) in [6, 6.07) is 1.99. The molecule has 1 N–H and O–H groups in total. The van der Waals surface area contributed by atoms with Gasteiger partial charge < -0.3 is 15.0 Å². The van der Waals surface area contributed by atoms with Gasteiger partial charge in [-0.05, 0) is 55.8 Å². The molecule has 2 rings (SSSR count). The molecule has 1 aromatic heterocycles. The summed E-state index contributed by atoms with van der Waals surface area (Å²) in [4.78, 5) is 15.3. The Kier molecular flexibility index (Phi) is 6.01. The SMILES string of the molecule is COCCN1CCC(CNC(=O)c2sccc2C)CC1. The van der Waals surface area contributed by atoms with Crippen molar-refractivity contribution in [3.8, 4) is 0 Å². The molecule has 1 aliphatic heterocycles. The molecule has 0 aliphatic carbocycles. The molecule has 5 heteroatoms. The predicted octanol–water partition coefficient (Wildman–Crippen LogP) is 2.14. The van der Waals surface area contributed by atoms with Gasteiger partial charge in [0.2, 0.25) is 0 Å². The molecule has 4 nitrogen and oxygen atoms in total. The molecule has 112 valence electrons. The van der Waals surface area contributed by atoms with Crippen LogP contribution in [-0.2, 0) is 4.74 Å². The maximum atomic E-state index is 12.0. The van der Waals surface area contributed by atoms with Crippen LogP contribution in [0.25, 0.3) is 0 Å². The van der Waals surface area contributed by atoms with E-state index in [1.54, 1.807) is 7.11 Å². The first kappa shape index (κ1) is 15.5. The number of hydrogen-bond acceptors (Lipinski definition) is 4. The van der Waals surface area contributed by atoms with E-state index in [1.165, 1.54) is 11.3 Å². The molecular weight excluding hydrogens is 272 g/mol. The Morgan fingerprint density at radius 2 is 2.25 bits per heavy atom. The van der Waals surface area contributed by atoms with Gasteiger partial charge in [0, 0.05) is 20.2 Å².